The Bertz CT molecular complexity index is 345. The molecule has 0 radical (unpaired) electrons. The maximum atomic E-state index is 11.0. The Morgan fingerprint density at radius 3 is 2.60 bits per heavy atom. The number of para-hydroxylation sites is 1. The normalized spacial score (nSPS) is 13.9. The predicted octanol–water partition coefficient (Wildman–Crippen LogP) is 2.48. The fraction of sp³-hybridized carbons (Fsp3) is 0.250. The summed E-state index contributed by atoms with van der Waals surface area (Å²) in [5.41, 5.74) is -1.25. The van der Waals surface area contributed by atoms with E-state index in [0.717, 1.165) is 0 Å². The van der Waals surface area contributed by atoms with E-state index >= 15 is 0 Å². The van der Waals surface area contributed by atoms with Crippen molar-refractivity contribution < 1.29 is 14.6 Å². The molecule has 0 aliphatic heterocycles. The second-order valence-corrected chi connectivity index (χ2v) is 3.44. The number of rotatable bonds is 5. The van der Waals surface area contributed by atoms with E-state index in [1.54, 1.807) is 24.3 Å². The van der Waals surface area contributed by atoms with Crippen molar-refractivity contribution in [2.45, 2.75) is 18.9 Å². The molecule has 3 heteroatoms. The number of ether oxygens (including phenoxy) is 1. The maximum absolute atomic E-state index is 11.0. The fourth-order valence-electron chi connectivity index (χ4n) is 1.20. The lowest BCUT2D eigenvalue weighted by Gasteiger charge is -2.24. The molecule has 0 aliphatic rings. The standard InChI is InChI=1S/C12H14O3/c1-3-9-12(2,11(13)14)15-10-7-5-4-6-8-10/h3-8H,1,9H2,2H3,(H,13,14). The number of hydrogen-bond donors (Lipinski definition) is 1. The summed E-state index contributed by atoms with van der Waals surface area (Å²) < 4.78 is 5.43. The number of hydrogen-bond acceptors (Lipinski definition) is 2. The first-order valence-corrected chi connectivity index (χ1v) is 4.67. The van der Waals surface area contributed by atoms with Crippen LogP contribution in [0.3, 0.4) is 0 Å². The van der Waals surface area contributed by atoms with E-state index < -0.39 is 11.6 Å². The number of carboxylic acid groups (broad SMARTS) is 1. The summed E-state index contributed by atoms with van der Waals surface area (Å²) in [6.07, 6.45) is 1.80. The Kier molecular flexibility index (Phi) is 3.50. The van der Waals surface area contributed by atoms with E-state index in [-0.39, 0.29) is 6.42 Å². The van der Waals surface area contributed by atoms with Gasteiger partial charge in [0, 0.05) is 6.42 Å². The predicted molar refractivity (Wildman–Crippen MR) is 57.9 cm³/mol. The minimum Gasteiger partial charge on any atom is -0.478 e. The first-order chi connectivity index (χ1) is 7.08. The van der Waals surface area contributed by atoms with Crippen molar-refractivity contribution in [1.29, 1.82) is 0 Å². The average Bonchev–Trinajstić information content (AvgIpc) is 2.19. The summed E-state index contributed by atoms with van der Waals surface area (Å²) in [7, 11) is 0. The van der Waals surface area contributed by atoms with Gasteiger partial charge in [0.05, 0.1) is 0 Å². The largest absolute Gasteiger partial charge is 0.478 e. The molecular formula is C12H14O3. The van der Waals surface area contributed by atoms with Crippen LogP contribution in [0, 0.1) is 0 Å². The van der Waals surface area contributed by atoms with Gasteiger partial charge in [-0.15, -0.1) is 6.58 Å². The molecule has 80 valence electrons. The molecule has 0 fully saturated rings. The van der Waals surface area contributed by atoms with Crippen LogP contribution in [0.5, 0.6) is 5.75 Å². The molecule has 0 bridgehead atoms. The minimum atomic E-state index is -1.25. The van der Waals surface area contributed by atoms with Gasteiger partial charge in [-0.2, -0.15) is 0 Å². The Morgan fingerprint density at radius 2 is 2.13 bits per heavy atom. The second-order valence-electron chi connectivity index (χ2n) is 3.44. The highest BCUT2D eigenvalue weighted by atomic mass is 16.5. The molecule has 1 aromatic carbocycles. The van der Waals surface area contributed by atoms with Gasteiger partial charge < -0.3 is 9.84 Å². The first-order valence-electron chi connectivity index (χ1n) is 4.67. The zero-order valence-corrected chi connectivity index (χ0v) is 8.64. The van der Waals surface area contributed by atoms with Crippen LogP contribution in [0.2, 0.25) is 0 Å². The van der Waals surface area contributed by atoms with E-state index in [2.05, 4.69) is 6.58 Å². The van der Waals surface area contributed by atoms with E-state index in [1.807, 2.05) is 6.07 Å². The van der Waals surface area contributed by atoms with Gasteiger partial charge in [-0.05, 0) is 19.1 Å². The molecule has 1 unspecified atom stereocenters. The van der Waals surface area contributed by atoms with Gasteiger partial charge in [-0.25, -0.2) is 4.79 Å². The highest BCUT2D eigenvalue weighted by molar-refractivity contribution is 5.77. The van der Waals surface area contributed by atoms with Gasteiger partial charge in [0.2, 0.25) is 5.60 Å². The summed E-state index contributed by atoms with van der Waals surface area (Å²) >= 11 is 0. The average molecular weight is 206 g/mol. The van der Waals surface area contributed by atoms with E-state index in [1.165, 1.54) is 13.0 Å². The van der Waals surface area contributed by atoms with Crippen molar-refractivity contribution in [1.82, 2.24) is 0 Å². The van der Waals surface area contributed by atoms with Gasteiger partial charge in [-0.3, -0.25) is 0 Å². The lowest BCUT2D eigenvalue weighted by molar-refractivity contribution is -0.153. The summed E-state index contributed by atoms with van der Waals surface area (Å²) in [5, 5.41) is 9.05. The number of benzene rings is 1. The smallest absolute Gasteiger partial charge is 0.348 e. The first kappa shape index (κ1) is 11.3. The van der Waals surface area contributed by atoms with E-state index in [9.17, 15) is 4.79 Å². The Morgan fingerprint density at radius 1 is 1.53 bits per heavy atom. The van der Waals surface area contributed by atoms with Crippen LogP contribution < -0.4 is 4.74 Å². The van der Waals surface area contributed by atoms with Crippen molar-refractivity contribution in [3.05, 3.63) is 43.0 Å². The van der Waals surface area contributed by atoms with Crippen LogP contribution in [0.1, 0.15) is 13.3 Å². The molecule has 1 atom stereocenters. The summed E-state index contributed by atoms with van der Waals surface area (Å²) in [4.78, 5) is 11.0. The molecule has 0 saturated carbocycles. The number of aliphatic carboxylic acids is 1. The van der Waals surface area contributed by atoms with Crippen LogP contribution in [0.4, 0.5) is 0 Å². The lowest BCUT2D eigenvalue weighted by Crippen LogP contribution is -2.40. The number of carboxylic acids is 1. The summed E-state index contributed by atoms with van der Waals surface area (Å²) in [6, 6.07) is 8.89. The summed E-state index contributed by atoms with van der Waals surface area (Å²) in [5.74, 6) is -0.449. The third-order valence-corrected chi connectivity index (χ3v) is 2.07. The van der Waals surface area contributed by atoms with E-state index in [4.69, 9.17) is 9.84 Å². The second kappa shape index (κ2) is 4.64. The van der Waals surface area contributed by atoms with E-state index in [0.29, 0.717) is 5.75 Å². The molecule has 1 aromatic rings. The van der Waals surface area contributed by atoms with Crippen LogP contribution in [0.15, 0.2) is 43.0 Å². The zero-order valence-electron chi connectivity index (χ0n) is 8.64. The monoisotopic (exact) mass is 206 g/mol. The Hall–Kier alpha value is -1.77. The quantitative estimate of drug-likeness (QED) is 0.753. The molecular weight excluding hydrogens is 192 g/mol. The third kappa shape index (κ3) is 2.84. The van der Waals surface area contributed by atoms with Gasteiger partial charge in [0.15, 0.2) is 0 Å². The van der Waals surface area contributed by atoms with Crippen LogP contribution in [-0.2, 0) is 4.79 Å². The molecule has 0 heterocycles. The maximum Gasteiger partial charge on any atom is 0.348 e. The molecule has 0 amide bonds. The van der Waals surface area contributed by atoms with Crippen molar-refractivity contribution >= 4 is 5.97 Å². The minimum absolute atomic E-state index is 0.261. The summed E-state index contributed by atoms with van der Waals surface area (Å²) in [6.45, 7) is 5.06. The van der Waals surface area contributed by atoms with Crippen LogP contribution >= 0.6 is 0 Å². The molecule has 15 heavy (non-hydrogen) atoms. The third-order valence-electron chi connectivity index (χ3n) is 2.07. The Labute approximate surface area is 89.0 Å². The van der Waals surface area contributed by atoms with Gasteiger partial charge in [-0.1, -0.05) is 24.3 Å². The van der Waals surface area contributed by atoms with Crippen LogP contribution in [0.25, 0.3) is 0 Å². The topological polar surface area (TPSA) is 46.5 Å². The van der Waals surface area contributed by atoms with Gasteiger partial charge in [0.25, 0.3) is 0 Å². The van der Waals surface area contributed by atoms with Gasteiger partial charge in [0.1, 0.15) is 5.75 Å². The van der Waals surface area contributed by atoms with Crippen molar-refractivity contribution in [3.63, 3.8) is 0 Å². The van der Waals surface area contributed by atoms with Gasteiger partial charge >= 0.3 is 5.97 Å². The van der Waals surface area contributed by atoms with Crippen molar-refractivity contribution in [2.24, 2.45) is 0 Å². The molecule has 0 saturated heterocycles. The lowest BCUT2D eigenvalue weighted by atomic mass is 10.0. The van der Waals surface area contributed by atoms with Crippen molar-refractivity contribution in [3.8, 4) is 5.75 Å². The van der Waals surface area contributed by atoms with Crippen LogP contribution in [-0.4, -0.2) is 16.7 Å². The Balaban J connectivity index is 2.84. The van der Waals surface area contributed by atoms with Crippen molar-refractivity contribution in [2.75, 3.05) is 0 Å². The molecule has 3 nitrogen and oxygen atoms in total. The molecule has 0 aromatic heterocycles. The highest BCUT2D eigenvalue weighted by Crippen LogP contribution is 2.21. The highest BCUT2D eigenvalue weighted by Gasteiger charge is 2.34. The zero-order chi connectivity index (χ0) is 11.3. The molecule has 1 rings (SSSR count). The fourth-order valence-corrected chi connectivity index (χ4v) is 1.20. The SMILES string of the molecule is C=CCC(C)(Oc1ccccc1)C(=O)O. The number of carbonyl (C=O) groups is 1. The molecule has 0 spiro atoms. The molecule has 0 aliphatic carbocycles. The molecule has 1 N–H and O–H groups in total.